The van der Waals surface area contributed by atoms with Crippen LogP contribution >= 0.6 is 11.3 Å². The quantitative estimate of drug-likeness (QED) is 0.679. The fraction of sp³-hybridized carbons (Fsp3) is 0.111. The average Bonchev–Trinajstić information content (AvgIpc) is 3.31. The summed E-state index contributed by atoms with van der Waals surface area (Å²) in [6, 6.07) is 12.4. The lowest BCUT2D eigenvalue weighted by Gasteiger charge is -2.09. The molecule has 0 bridgehead atoms. The maximum Gasteiger partial charge on any atom is 0.375 e. The van der Waals surface area contributed by atoms with Crippen LogP contribution in [-0.2, 0) is 9.53 Å². The summed E-state index contributed by atoms with van der Waals surface area (Å²) in [6.07, 6.45) is 1.42. The van der Waals surface area contributed by atoms with Crippen LogP contribution in [0.25, 0.3) is 10.4 Å². The van der Waals surface area contributed by atoms with Crippen LogP contribution in [0.2, 0.25) is 0 Å². The summed E-state index contributed by atoms with van der Waals surface area (Å²) in [4.78, 5) is 25.1. The van der Waals surface area contributed by atoms with Gasteiger partial charge in [0.2, 0.25) is 5.76 Å². The van der Waals surface area contributed by atoms with Crippen molar-refractivity contribution in [3.63, 3.8) is 0 Å². The molecule has 1 N–H and O–H groups in total. The highest BCUT2D eigenvalue weighted by molar-refractivity contribution is 7.13. The second-order valence-electron chi connectivity index (χ2n) is 4.97. The van der Waals surface area contributed by atoms with Crippen molar-refractivity contribution in [3.05, 3.63) is 59.9 Å². The van der Waals surface area contributed by atoms with Crippen LogP contribution in [0.4, 0.5) is 5.69 Å². The van der Waals surface area contributed by atoms with Gasteiger partial charge in [-0.05, 0) is 29.6 Å². The summed E-state index contributed by atoms with van der Waals surface area (Å²) in [5, 5.41) is 4.54. The van der Waals surface area contributed by atoms with Crippen molar-refractivity contribution in [1.29, 1.82) is 0 Å². The Labute approximate surface area is 148 Å². The third-order valence-electron chi connectivity index (χ3n) is 3.35. The van der Waals surface area contributed by atoms with E-state index in [4.69, 9.17) is 13.9 Å². The number of esters is 1. The number of methoxy groups -OCH3 is 1. The van der Waals surface area contributed by atoms with Crippen LogP contribution in [-0.4, -0.2) is 25.6 Å². The van der Waals surface area contributed by atoms with Gasteiger partial charge in [0.05, 0.1) is 19.1 Å². The topological polar surface area (TPSA) is 77.8 Å². The van der Waals surface area contributed by atoms with Crippen molar-refractivity contribution in [2.24, 2.45) is 0 Å². The van der Waals surface area contributed by atoms with Crippen LogP contribution in [0.15, 0.2) is 58.5 Å². The molecular formula is C18H15NO5S. The summed E-state index contributed by atoms with van der Waals surface area (Å²) < 4.78 is 15.4. The van der Waals surface area contributed by atoms with Crippen molar-refractivity contribution in [3.8, 4) is 16.2 Å². The predicted octanol–water partition coefficient (Wildman–Crippen LogP) is 3.81. The SMILES string of the molecule is COc1ccccc1NC(=O)COC(=O)c1occc1-c1cccs1. The first-order valence-electron chi connectivity index (χ1n) is 7.40. The van der Waals surface area contributed by atoms with Gasteiger partial charge in [0.1, 0.15) is 5.75 Å². The van der Waals surface area contributed by atoms with Gasteiger partial charge in [-0.2, -0.15) is 0 Å². The Morgan fingerprint density at radius 3 is 2.76 bits per heavy atom. The van der Waals surface area contributed by atoms with Gasteiger partial charge in [0, 0.05) is 10.4 Å². The molecule has 0 aliphatic carbocycles. The smallest absolute Gasteiger partial charge is 0.375 e. The van der Waals surface area contributed by atoms with Crippen molar-refractivity contribution >= 4 is 28.9 Å². The third-order valence-corrected chi connectivity index (χ3v) is 4.26. The maximum absolute atomic E-state index is 12.2. The number of furan rings is 1. The van der Waals surface area contributed by atoms with Gasteiger partial charge >= 0.3 is 5.97 Å². The third kappa shape index (κ3) is 3.89. The van der Waals surface area contributed by atoms with E-state index < -0.39 is 18.5 Å². The number of thiophene rings is 1. The fourth-order valence-corrected chi connectivity index (χ4v) is 2.97. The Hall–Kier alpha value is -3.06. The highest BCUT2D eigenvalue weighted by Crippen LogP contribution is 2.29. The van der Waals surface area contributed by atoms with Crippen molar-refractivity contribution in [1.82, 2.24) is 0 Å². The van der Waals surface area contributed by atoms with Crippen LogP contribution in [0.3, 0.4) is 0 Å². The van der Waals surface area contributed by atoms with Crippen molar-refractivity contribution < 1.29 is 23.5 Å². The zero-order chi connectivity index (χ0) is 17.6. The Bertz CT molecular complexity index is 869. The van der Waals surface area contributed by atoms with E-state index in [0.717, 1.165) is 4.88 Å². The van der Waals surface area contributed by atoms with Crippen LogP contribution < -0.4 is 10.1 Å². The predicted molar refractivity (Wildman–Crippen MR) is 93.9 cm³/mol. The Kier molecular flexibility index (Phi) is 5.15. The van der Waals surface area contributed by atoms with Crippen molar-refractivity contribution in [2.45, 2.75) is 0 Å². The lowest BCUT2D eigenvalue weighted by atomic mass is 10.2. The summed E-state index contributed by atoms with van der Waals surface area (Å²) in [5.74, 6) is -0.564. The molecule has 128 valence electrons. The first-order chi connectivity index (χ1) is 12.2. The van der Waals surface area contributed by atoms with Gasteiger partial charge in [0.15, 0.2) is 6.61 Å². The molecule has 0 saturated heterocycles. The highest BCUT2D eigenvalue weighted by atomic mass is 32.1. The number of hydrogen-bond acceptors (Lipinski definition) is 6. The summed E-state index contributed by atoms with van der Waals surface area (Å²) in [6.45, 7) is -0.429. The second-order valence-corrected chi connectivity index (χ2v) is 5.91. The molecule has 0 unspecified atom stereocenters. The minimum Gasteiger partial charge on any atom is -0.495 e. The molecule has 3 aromatic rings. The number of para-hydroxylation sites is 2. The number of anilines is 1. The minimum absolute atomic E-state index is 0.0764. The fourth-order valence-electron chi connectivity index (χ4n) is 2.22. The molecule has 3 rings (SSSR count). The number of rotatable bonds is 6. The Morgan fingerprint density at radius 1 is 1.16 bits per heavy atom. The van der Waals surface area contributed by atoms with Crippen LogP contribution in [0, 0.1) is 0 Å². The molecule has 25 heavy (non-hydrogen) atoms. The van der Waals surface area contributed by atoms with Gasteiger partial charge in [0.25, 0.3) is 5.91 Å². The number of hydrogen-bond donors (Lipinski definition) is 1. The lowest BCUT2D eigenvalue weighted by molar-refractivity contribution is -0.119. The van der Waals surface area contributed by atoms with E-state index in [2.05, 4.69) is 5.32 Å². The molecule has 7 heteroatoms. The molecule has 0 radical (unpaired) electrons. The molecule has 0 spiro atoms. The number of amides is 1. The molecule has 0 saturated carbocycles. The normalized spacial score (nSPS) is 10.3. The lowest BCUT2D eigenvalue weighted by Crippen LogP contribution is -2.21. The van der Waals surface area contributed by atoms with Gasteiger partial charge in [-0.3, -0.25) is 4.79 Å². The highest BCUT2D eigenvalue weighted by Gasteiger charge is 2.20. The summed E-state index contributed by atoms with van der Waals surface area (Å²) in [7, 11) is 1.51. The van der Waals surface area contributed by atoms with E-state index in [1.54, 1.807) is 30.3 Å². The number of nitrogens with one attached hydrogen (secondary N) is 1. The number of carbonyl (C=O) groups is 2. The molecule has 0 aliphatic heterocycles. The standard InChI is InChI=1S/C18H15NO5S/c1-22-14-6-3-2-5-13(14)19-16(20)11-24-18(21)17-12(8-9-23-17)15-7-4-10-25-15/h2-10H,11H2,1H3,(H,19,20). The molecule has 0 fully saturated rings. The van der Waals surface area contributed by atoms with E-state index in [-0.39, 0.29) is 5.76 Å². The Morgan fingerprint density at radius 2 is 2.00 bits per heavy atom. The molecule has 1 aromatic carbocycles. The minimum atomic E-state index is -0.691. The first kappa shape index (κ1) is 16.8. The summed E-state index contributed by atoms with van der Waals surface area (Å²) >= 11 is 1.48. The molecule has 2 aromatic heterocycles. The molecular weight excluding hydrogens is 342 g/mol. The van der Waals surface area contributed by atoms with E-state index in [1.165, 1.54) is 24.7 Å². The van der Waals surface area contributed by atoms with Crippen molar-refractivity contribution in [2.75, 3.05) is 19.0 Å². The molecule has 0 atom stereocenters. The molecule has 0 aliphatic rings. The maximum atomic E-state index is 12.2. The van der Waals surface area contributed by atoms with Gasteiger partial charge < -0.3 is 19.2 Å². The largest absolute Gasteiger partial charge is 0.495 e. The first-order valence-corrected chi connectivity index (χ1v) is 8.28. The second kappa shape index (κ2) is 7.67. The average molecular weight is 357 g/mol. The van der Waals surface area contributed by atoms with E-state index in [9.17, 15) is 9.59 Å². The molecule has 6 nitrogen and oxygen atoms in total. The zero-order valence-electron chi connectivity index (χ0n) is 13.4. The van der Waals surface area contributed by atoms with E-state index >= 15 is 0 Å². The molecule has 2 heterocycles. The van der Waals surface area contributed by atoms with Gasteiger partial charge in [-0.1, -0.05) is 18.2 Å². The zero-order valence-corrected chi connectivity index (χ0v) is 14.2. The van der Waals surface area contributed by atoms with E-state index in [1.807, 2.05) is 17.5 Å². The van der Waals surface area contributed by atoms with Crippen LogP contribution in [0.5, 0.6) is 5.75 Å². The monoisotopic (exact) mass is 357 g/mol. The summed E-state index contributed by atoms with van der Waals surface area (Å²) in [5.41, 5.74) is 1.15. The van der Waals surface area contributed by atoms with Crippen LogP contribution in [0.1, 0.15) is 10.6 Å². The number of ether oxygens (including phenoxy) is 2. The Balaban J connectivity index is 1.61. The van der Waals surface area contributed by atoms with Gasteiger partial charge in [-0.25, -0.2) is 4.79 Å². The van der Waals surface area contributed by atoms with E-state index in [0.29, 0.717) is 17.0 Å². The van der Waals surface area contributed by atoms with Gasteiger partial charge in [-0.15, -0.1) is 11.3 Å². The number of benzene rings is 1. The molecule has 1 amide bonds. The number of carbonyl (C=O) groups excluding carboxylic acids is 2.